The van der Waals surface area contributed by atoms with E-state index in [4.69, 9.17) is 17.3 Å². The van der Waals surface area contributed by atoms with Crippen molar-refractivity contribution in [1.82, 2.24) is 14.8 Å². The number of carbonyl (C=O) groups excluding carboxylic acids is 1. The fourth-order valence-electron chi connectivity index (χ4n) is 2.44. The summed E-state index contributed by atoms with van der Waals surface area (Å²) in [5, 5.41) is 7.88. The number of aromatic nitrogens is 3. The fourth-order valence-corrected chi connectivity index (χ4v) is 2.66. The first kappa shape index (κ1) is 16.0. The van der Waals surface area contributed by atoms with E-state index >= 15 is 0 Å². The quantitative estimate of drug-likeness (QED) is 0.746. The topological polar surface area (TPSA) is 85.8 Å². The van der Waals surface area contributed by atoms with E-state index in [0.29, 0.717) is 10.8 Å². The van der Waals surface area contributed by atoms with Crippen LogP contribution in [0.1, 0.15) is 28.9 Å². The van der Waals surface area contributed by atoms with E-state index < -0.39 is 5.91 Å². The van der Waals surface area contributed by atoms with Gasteiger partial charge >= 0.3 is 0 Å². The molecule has 0 saturated heterocycles. The van der Waals surface area contributed by atoms with E-state index in [9.17, 15) is 4.79 Å². The molecule has 1 aromatic carbocycles. The number of primary amides is 1. The van der Waals surface area contributed by atoms with Gasteiger partial charge in [-0.2, -0.15) is 5.10 Å². The van der Waals surface area contributed by atoms with Gasteiger partial charge in [0, 0.05) is 18.6 Å². The van der Waals surface area contributed by atoms with Gasteiger partial charge in [-0.15, -0.1) is 0 Å². The Labute approximate surface area is 144 Å². The summed E-state index contributed by atoms with van der Waals surface area (Å²) in [5.41, 5.74) is 7.51. The molecule has 3 rings (SSSR count). The molecule has 0 aliphatic rings. The number of benzene rings is 1. The number of nitrogens with one attached hydrogen (secondary N) is 1. The molecule has 1 atom stereocenters. The Bertz CT molecular complexity index is 863. The smallest absolute Gasteiger partial charge is 0.250 e. The van der Waals surface area contributed by atoms with E-state index in [1.807, 2.05) is 43.5 Å². The highest BCUT2D eigenvalue weighted by molar-refractivity contribution is 6.33. The third-order valence-electron chi connectivity index (χ3n) is 3.63. The first-order valence-electron chi connectivity index (χ1n) is 7.37. The molecule has 6 nitrogen and oxygen atoms in total. The number of amides is 1. The summed E-state index contributed by atoms with van der Waals surface area (Å²) >= 11 is 6.19. The maximum atomic E-state index is 11.2. The van der Waals surface area contributed by atoms with Gasteiger partial charge in [-0.3, -0.25) is 4.79 Å². The molecule has 3 N–H and O–H groups in total. The van der Waals surface area contributed by atoms with Crippen molar-refractivity contribution in [1.29, 1.82) is 0 Å². The number of anilines is 1. The van der Waals surface area contributed by atoms with Crippen molar-refractivity contribution >= 4 is 23.3 Å². The number of rotatable bonds is 5. The summed E-state index contributed by atoms with van der Waals surface area (Å²) in [5.74, 6) is -0.0718. The number of halogens is 1. The van der Waals surface area contributed by atoms with E-state index in [2.05, 4.69) is 15.4 Å². The highest BCUT2D eigenvalue weighted by Gasteiger charge is 2.14. The third kappa shape index (κ3) is 3.23. The lowest BCUT2D eigenvalue weighted by molar-refractivity contribution is 0.1000. The average molecular weight is 342 g/mol. The highest BCUT2D eigenvalue weighted by atomic mass is 35.5. The van der Waals surface area contributed by atoms with Crippen molar-refractivity contribution in [3.63, 3.8) is 0 Å². The molecular weight excluding hydrogens is 326 g/mol. The maximum Gasteiger partial charge on any atom is 0.250 e. The van der Waals surface area contributed by atoms with Crippen LogP contribution >= 0.6 is 11.6 Å². The zero-order chi connectivity index (χ0) is 17.1. The van der Waals surface area contributed by atoms with E-state index in [0.717, 1.165) is 11.3 Å². The number of pyridine rings is 1. The summed E-state index contributed by atoms with van der Waals surface area (Å²) in [6.45, 7) is 2.00. The molecule has 1 unspecified atom stereocenters. The van der Waals surface area contributed by atoms with Crippen LogP contribution in [-0.2, 0) is 0 Å². The van der Waals surface area contributed by atoms with Crippen LogP contribution in [0.4, 0.5) is 5.82 Å². The van der Waals surface area contributed by atoms with Crippen LogP contribution in [0.15, 0.2) is 55.0 Å². The molecule has 122 valence electrons. The normalized spacial score (nSPS) is 11.9. The Balaban J connectivity index is 1.89. The minimum Gasteiger partial charge on any atom is -0.366 e. The lowest BCUT2D eigenvalue weighted by atomic mass is 10.1. The van der Waals surface area contributed by atoms with Crippen molar-refractivity contribution in [3.05, 3.63) is 71.1 Å². The minimum absolute atomic E-state index is 0.0742. The van der Waals surface area contributed by atoms with Crippen molar-refractivity contribution < 1.29 is 4.79 Å². The number of carbonyl (C=O) groups is 1. The number of para-hydroxylation sites is 1. The van der Waals surface area contributed by atoms with Crippen molar-refractivity contribution in [3.8, 4) is 5.69 Å². The Morgan fingerprint density at radius 1 is 1.33 bits per heavy atom. The monoisotopic (exact) mass is 341 g/mol. The van der Waals surface area contributed by atoms with E-state index in [1.165, 1.54) is 12.3 Å². The lowest BCUT2D eigenvalue weighted by Gasteiger charge is -2.19. The number of nitrogens with zero attached hydrogens (tertiary/aromatic N) is 3. The number of hydrogen-bond donors (Lipinski definition) is 2. The SMILES string of the molecule is CC(Nc1ncc(C(N)=O)cc1Cl)c1ccccc1-n1cccn1. The molecule has 2 heterocycles. The molecule has 1 amide bonds. The van der Waals surface area contributed by atoms with Gasteiger partial charge < -0.3 is 11.1 Å². The van der Waals surface area contributed by atoms with Crippen molar-refractivity contribution in [2.24, 2.45) is 5.73 Å². The Morgan fingerprint density at radius 3 is 2.79 bits per heavy atom. The molecule has 7 heteroatoms. The highest BCUT2D eigenvalue weighted by Crippen LogP contribution is 2.27. The second-order valence-electron chi connectivity index (χ2n) is 5.29. The zero-order valence-electron chi connectivity index (χ0n) is 13.0. The van der Waals surface area contributed by atoms with Crippen LogP contribution in [0.2, 0.25) is 5.02 Å². The maximum absolute atomic E-state index is 11.2. The van der Waals surface area contributed by atoms with Crippen molar-refractivity contribution in [2.45, 2.75) is 13.0 Å². The Morgan fingerprint density at radius 2 is 2.12 bits per heavy atom. The largest absolute Gasteiger partial charge is 0.366 e. The van der Waals surface area contributed by atoms with E-state index in [-0.39, 0.29) is 11.6 Å². The summed E-state index contributed by atoms with van der Waals surface area (Å²) in [6, 6.07) is 11.2. The average Bonchev–Trinajstić information content (AvgIpc) is 3.11. The molecule has 0 radical (unpaired) electrons. The van der Waals surface area contributed by atoms with Gasteiger partial charge in [0.1, 0.15) is 5.82 Å². The lowest BCUT2D eigenvalue weighted by Crippen LogP contribution is -2.14. The van der Waals surface area contributed by atoms with Crippen LogP contribution < -0.4 is 11.1 Å². The van der Waals surface area contributed by atoms with Gasteiger partial charge in [0.05, 0.1) is 22.3 Å². The molecule has 3 aromatic rings. The molecular formula is C17H16ClN5O. The van der Waals surface area contributed by atoms with Gasteiger partial charge in [0.25, 0.3) is 0 Å². The standard InChI is InChI=1S/C17H16ClN5O/c1-11(22-17-14(18)9-12(10-20-17)16(19)24)13-5-2-3-6-15(13)23-8-4-7-21-23/h2-11H,1H3,(H2,19,24)(H,20,22). The molecule has 0 aliphatic carbocycles. The van der Waals surface area contributed by atoms with Gasteiger partial charge in [0.2, 0.25) is 5.91 Å². The molecule has 2 aromatic heterocycles. The number of nitrogens with two attached hydrogens (primary N) is 1. The predicted molar refractivity (Wildman–Crippen MR) is 93.4 cm³/mol. The minimum atomic E-state index is -0.562. The summed E-state index contributed by atoms with van der Waals surface area (Å²) in [7, 11) is 0. The Kier molecular flexibility index (Phi) is 4.48. The van der Waals surface area contributed by atoms with Crippen molar-refractivity contribution in [2.75, 3.05) is 5.32 Å². The third-order valence-corrected chi connectivity index (χ3v) is 3.92. The molecule has 0 spiro atoms. The van der Waals surface area contributed by atoms with E-state index in [1.54, 1.807) is 10.9 Å². The van der Waals surface area contributed by atoms with Crippen LogP contribution in [0, 0.1) is 0 Å². The fraction of sp³-hybridized carbons (Fsp3) is 0.118. The summed E-state index contributed by atoms with van der Waals surface area (Å²) in [4.78, 5) is 15.4. The number of hydrogen-bond acceptors (Lipinski definition) is 4. The molecule has 24 heavy (non-hydrogen) atoms. The Hall–Kier alpha value is -2.86. The van der Waals surface area contributed by atoms with Crippen LogP contribution in [-0.4, -0.2) is 20.7 Å². The predicted octanol–water partition coefficient (Wildman–Crippen LogP) is 3.19. The van der Waals surface area contributed by atoms with Gasteiger partial charge in [-0.1, -0.05) is 29.8 Å². The first-order valence-corrected chi connectivity index (χ1v) is 7.75. The van der Waals surface area contributed by atoms with Crippen LogP contribution in [0.25, 0.3) is 5.69 Å². The second-order valence-corrected chi connectivity index (χ2v) is 5.70. The summed E-state index contributed by atoms with van der Waals surface area (Å²) in [6.07, 6.45) is 5.02. The molecule has 0 saturated carbocycles. The molecule has 0 fully saturated rings. The molecule has 0 aliphatic heterocycles. The van der Waals surface area contributed by atoms with Crippen LogP contribution in [0.5, 0.6) is 0 Å². The first-order chi connectivity index (χ1) is 11.6. The van der Waals surface area contributed by atoms with Gasteiger partial charge in [0.15, 0.2) is 0 Å². The van der Waals surface area contributed by atoms with Gasteiger partial charge in [-0.05, 0) is 30.7 Å². The van der Waals surface area contributed by atoms with Gasteiger partial charge in [-0.25, -0.2) is 9.67 Å². The summed E-state index contributed by atoms with van der Waals surface area (Å²) < 4.78 is 1.80. The second kappa shape index (κ2) is 6.72. The van der Waals surface area contributed by atoms with Crippen LogP contribution in [0.3, 0.4) is 0 Å². The molecule has 0 bridgehead atoms. The zero-order valence-corrected chi connectivity index (χ0v) is 13.7.